The van der Waals surface area contributed by atoms with Gasteiger partial charge in [-0.15, -0.1) is 0 Å². The van der Waals surface area contributed by atoms with Crippen LogP contribution in [0.4, 0.5) is 10.1 Å². The van der Waals surface area contributed by atoms with Crippen molar-refractivity contribution in [1.29, 1.82) is 0 Å². The molecular formula is C26H35FN4O4. The molecule has 8 nitrogen and oxygen atoms in total. The first kappa shape index (κ1) is 26.4. The molecule has 0 aliphatic carbocycles. The molecule has 2 atom stereocenters. The number of likely N-dealkylation sites (N-methyl/N-ethyl adjacent to an activating group) is 1. The Morgan fingerprint density at radius 3 is 2.29 bits per heavy atom. The zero-order valence-corrected chi connectivity index (χ0v) is 20.8. The van der Waals surface area contributed by atoms with Crippen LogP contribution in [0.3, 0.4) is 0 Å². The van der Waals surface area contributed by atoms with Gasteiger partial charge in [-0.2, -0.15) is 0 Å². The number of nitrogens with zero attached hydrogens (tertiary/aromatic N) is 2. The van der Waals surface area contributed by atoms with Crippen LogP contribution in [0.15, 0.2) is 42.5 Å². The molecule has 0 bridgehead atoms. The third kappa shape index (κ3) is 7.66. The second-order valence-corrected chi connectivity index (χ2v) is 9.10. The fourth-order valence-electron chi connectivity index (χ4n) is 4.26. The van der Waals surface area contributed by atoms with Gasteiger partial charge >= 0.3 is 0 Å². The Kier molecular flexibility index (Phi) is 9.45. The second kappa shape index (κ2) is 12.5. The normalized spacial score (nSPS) is 18.2. The largest absolute Gasteiger partial charge is 0.493 e. The molecule has 2 N–H and O–H groups in total. The van der Waals surface area contributed by atoms with E-state index < -0.39 is 5.92 Å². The molecule has 9 heteroatoms. The summed E-state index contributed by atoms with van der Waals surface area (Å²) >= 11 is 0. The van der Waals surface area contributed by atoms with E-state index in [0.29, 0.717) is 49.8 Å². The highest BCUT2D eigenvalue weighted by Crippen LogP contribution is 2.30. The Morgan fingerprint density at radius 2 is 1.66 bits per heavy atom. The van der Waals surface area contributed by atoms with E-state index in [1.165, 1.54) is 24.3 Å². The van der Waals surface area contributed by atoms with Crippen LogP contribution in [-0.4, -0.2) is 76.1 Å². The average Bonchev–Trinajstić information content (AvgIpc) is 2.84. The van der Waals surface area contributed by atoms with Crippen LogP contribution in [0.2, 0.25) is 0 Å². The molecular weight excluding hydrogens is 451 g/mol. The highest BCUT2D eigenvalue weighted by Gasteiger charge is 2.35. The van der Waals surface area contributed by atoms with E-state index in [2.05, 4.69) is 15.5 Å². The molecule has 2 aromatic rings. The van der Waals surface area contributed by atoms with Crippen molar-refractivity contribution < 1.29 is 23.5 Å². The first-order chi connectivity index (χ1) is 16.8. The molecule has 2 amide bonds. The monoisotopic (exact) mass is 486 g/mol. The summed E-state index contributed by atoms with van der Waals surface area (Å²) in [5.74, 6) is -0.0388. The molecule has 190 valence electrons. The molecule has 1 fully saturated rings. The summed E-state index contributed by atoms with van der Waals surface area (Å²) in [5, 5.41) is 5.87. The van der Waals surface area contributed by atoms with Crippen molar-refractivity contribution in [2.45, 2.75) is 13.0 Å². The van der Waals surface area contributed by atoms with Crippen LogP contribution >= 0.6 is 0 Å². The lowest BCUT2D eigenvalue weighted by atomic mass is 9.87. The van der Waals surface area contributed by atoms with Crippen molar-refractivity contribution in [1.82, 2.24) is 15.1 Å². The van der Waals surface area contributed by atoms with Gasteiger partial charge in [0.1, 0.15) is 5.82 Å². The number of likely N-dealkylation sites (tertiary alicyclic amines) is 1. The Morgan fingerprint density at radius 1 is 1.00 bits per heavy atom. The van der Waals surface area contributed by atoms with Gasteiger partial charge in [0.25, 0.3) is 0 Å². The number of hydrogen-bond donors (Lipinski definition) is 2. The smallest absolute Gasteiger partial charge is 0.228 e. The highest BCUT2D eigenvalue weighted by molar-refractivity contribution is 5.93. The Bertz CT molecular complexity index is 999. The van der Waals surface area contributed by atoms with Gasteiger partial charge in [0.05, 0.1) is 26.1 Å². The third-order valence-corrected chi connectivity index (χ3v) is 6.09. The first-order valence-corrected chi connectivity index (χ1v) is 11.7. The fraction of sp³-hybridized carbons (Fsp3) is 0.462. The van der Waals surface area contributed by atoms with Crippen LogP contribution in [0.25, 0.3) is 0 Å². The molecule has 0 radical (unpaired) electrons. The molecule has 1 aliphatic rings. The maximum absolute atomic E-state index is 13.2. The minimum atomic E-state index is -0.390. The molecule has 0 spiro atoms. The Labute approximate surface area is 206 Å². The van der Waals surface area contributed by atoms with Gasteiger partial charge in [0, 0.05) is 38.4 Å². The maximum Gasteiger partial charge on any atom is 0.228 e. The quantitative estimate of drug-likeness (QED) is 0.537. The fourth-order valence-corrected chi connectivity index (χ4v) is 4.26. The Hall–Kier alpha value is -3.17. The number of amides is 2. The zero-order chi connectivity index (χ0) is 25.4. The number of halogens is 1. The minimum Gasteiger partial charge on any atom is -0.493 e. The van der Waals surface area contributed by atoms with E-state index in [-0.39, 0.29) is 23.5 Å². The predicted octanol–water partition coefficient (Wildman–Crippen LogP) is 2.60. The third-order valence-electron chi connectivity index (χ3n) is 6.09. The number of piperidine rings is 1. The van der Waals surface area contributed by atoms with Gasteiger partial charge < -0.3 is 25.0 Å². The van der Waals surface area contributed by atoms with Crippen molar-refractivity contribution in [2.75, 3.05) is 59.8 Å². The lowest BCUT2D eigenvalue weighted by molar-refractivity contribution is -0.130. The van der Waals surface area contributed by atoms with Crippen molar-refractivity contribution >= 4 is 17.5 Å². The number of methoxy groups -OCH3 is 2. The van der Waals surface area contributed by atoms with E-state index in [1.54, 1.807) is 14.2 Å². The van der Waals surface area contributed by atoms with Crippen LogP contribution in [-0.2, 0) is 16.1 Å². The SMILES string of the molecule is COc1ccc(CN2C[C@@H](C(=O)NCCN(C)C)C[C@@H](C(=O)Nc3ccc(F)cc3)C2)cc1OC. The van der Waals surface area contributed by atoms with E-state index in [4.69, 9.17) is 9.47 Å². The van der Waals surface area contributed by atoms with E-state index in [9.17, 15) is 14.0 Å². The van der Waals surface area contributed by atoms with Gasteiger partial charge in [0.15, 0.2) is 11.5 Å². The molecule has 35 heavy (non-hydrogen) atoms. The lowest BCUT2D eigenvalue weighted by Crippen LogP contribution is -2.49. The van der Waals surface area contributed by atoms with Crippen LogP contribution in [0.5, 0.6) is 11.5 Å². The van der Waals surface area contributed by atoms with Crippen LogP contribution in [0.1, 0.15) is 12.0 Å². The van der Waals surface area contributed by atoms with E-state index in [1.807, 2.05) is 37.2 Å². The summed E-state index contributed by atoms with van der Waals surface area (Å²) < 4.78 is 24.0. The number of nitrogens with one attached hydrogen (secondary N) is 2. The first-order valence-electron chi connectivity index (χ1n) is 11.7. The molecule has 2 aromatic carbocycles. The molecule has 1 heterocycles. The average molecular weight is 487 g/mol. The summed E-state index contributed by atoms with van der Waals surface area (Å²) in [7, 11) is 7.08. The summed E-state index contributed by atoms with van der Waals surface area (Å²) in [6.45, 7) is 2.89. The van der Waals surface area contributed by atoms with E-state index >= 15 is 0 Å². The number of carbonyl (C=O) groups excluding carboxylic acids is 2. The van der Waals surface area contributed by atoms with Crippen LogP contribution < -0.4 is 20.1 Å². The van der Waals surface area contributed by atoms with Gasteiger partial charge in [0.2, 0.25) is 11.8 Å². The Balaban J connectivity index is 1.74. The second-order valence-electron chi connectivity index (χ2n) is 9.10. The number of anilines is 1. The summed E-state index contributed by atoms with van der Waals surface area (Å²) in [6, 6.07) is 11.4. The molecule has 1 aliphatic heterocycles. The summed E-state index contributed by atoms with van der Waals surface area (Å²) in [6.07, 6.45) is 0.448. The molecule has 0 unspecified atom stereocenters. The van der Waals surface area contributed by atoms with Gasteiger partial charge in [-0.1, -0.05) is 6.07 Å². The number of ether oxygens (including phenoxy) is 2. The van der Waals surface area contributed by atoms with Crippen molar-refractivity contribution in [3.05, 3.63) is 53.8 Å². The highest BCUT2D eigenvalue weighted by atomic mass is 19.1. The van der Waals surface area contributed by atoms with Gasteiger partial charge in [-0.05, 0) is 62.5 Å². The van der Waals surface area contributed by atoms with Crippen molar-refractivity contribution in [3.63, 3.8) is 0 Å². The number of benzene rings is 2. The molecule has 0 saturated carbocycles. The van der Waals surface area contributed by atoms with Gasteiger partial charge in [-0.25, -0.2) is 4.39 Å². The minimum absolute atomic E-state index is 0.0524. The lowest BCUT2D eigenvalue weighted by Gasteiger charge is -2.36. The molecule has 0 aromatic heterocycles. The van der Waals surface area contributed by atoms with Gasteiger partial charge in [-0.3, -0.25) is 14.5 Å². The summed E-state index contributed by atoms with van der Waals surface area (Å²) in [4.78, 5) is 30.2. The predicted molar refractivity (Wildman–Crippen MR) is 133 cm³/mol. The van der Waals surface area contributed by atoms with E-state index in [0.717, 1.165) is 12.1 Å². The number of carbonyl (C=O) groups is 2. The maximum atomic E-state index is 13.2. The standard InChI is InChI=1S/C26H35FN4O4/c1-30(2)12-11-28-25(32)19-14-20(26(33)29-22-8-6-21(27)7-9-22)17-31(16-19)15-18-5-10-23(34-3)24(13-18)35-4/h5-10,13,19-20H,11-12,14-17H2,1-4H3,(H,28,32)(H,29,33)/t19-,20+/m0/s1. The van der Waals surface area contributed by atoms with Crippen molar-refractivity contribution in [3.8, 4) is 11.5 Å². The zero-order valence-electron chi connectivity index (χ0n) is 20.8. The topological polar surface area (TPSA) is 83.1 Å². The number of rotatable bonds is 10. The molecule has 3 rings (SSSR count). The number of hydrogen-bond acceptors (Lipinski definition) is 6. The van der Waals surface area contributed by atoms with Crippen molar-refractivity contribution in [2.24, 2.45) is 11.8 Å². The van der Waals surface area contributed by atoms with Crippen LogP contribution in [0, 0.1) is 17.7 Å². The summed E-state index contributed by atoms with van der Waals surface area (Å²) in [5.41, 5.74) is 1.52. The molecule has 1 saturated heterocycles.